The minimum atomic E-state index is -0.940. The molecule has 4 heterocycles. The van der Waals surface area contributed by atoms with Gasteiger partial charge in [0.05, 0.1) is 17.6 Å². The first-order valence-corrected chi connectivity index (χ1v) is 10.0. The minimum Gasteiger partial charge on any atom is -0.382 e. The third kappa shape index (κ3) is 2.95. The molecule has 1 saturated heterocycles. The van der Waals surface area contributed by atoms with E-state index in [1.54, 1.807) is 12.3 Å². The van der Waals surface area contributed by atoms with Crippen LogP contribution >= 0.6 is 11.3 Å². The first-order valence-electron chi connectivity index (χ1n) is 9.13. The van der Waals surface area contributed by atoms with Crippen molar-refractivity contribution < 1.29 is 5.11 Å². The molecule has 1 unspecified atom stereocenters. The fourth-order valence-corrected chi connectivity index (χ4v) is 4.82. The lowest BCUT2D eigenvalue weighted by Crippen LogP contribution is -2.31. The second-order valence-electron chi connectivity index (χ2n) is 7.17. The van der Waals surface area contributed by atoms with E-state index in [-0.39, 0.29) is 5.56 Å². The van der Waals surface area contributed by atoms with Gasteiger partial charge in [0, 0.05) is 30.2 Å². The predicted molar refractivity (Wildman–Crippen MR) is 108 cm³/mol. The zero-order valence-corrected chi connectivity index (χ0v) is 15.9. The van der Waals surface area contributed by atoms with Crippen molar-refractivity contribution in [1.29, 1.82) is 0 Å². The molecule has 0 bridgehead atoms. The van der Waals surface area contributed by atoms with Crippen LogP contribution in [0.4, 0.5) is 0 Å². The average Bonchev–Trinajstić information content (AvgIpc) is 3.43. The zero-order chi connectivity index (χ0) is 19.1. The summed E-state index contributed by atoms with van der Waals surface area (Å²) in [6.45, 7) is 1.67. The maximum Gasteiger partial charge on any atom is 0.260 e. The standard InChI is InChI=1S/C20H19N5O2S/c26-18-17-14(13-4-2-1-3-5-13)11-28-19(17)23-16(22-18)10-25-9-7-20(27,12-25)15-6-8-21-24-15/h1-6,8,11,27H,7,9-10,12H2,(H,21,24)(H,22,23,26). The summed E-state index contributed by atoms with van der Waals surface area (Å²) >= 11 is 1.48. The molecule has 28 heavy (non-hydrogen) atoms. The highest BCUT2D eigenvalue weighted by atomic mass is 32.1. The molecule has 1 atom stereocenters. The van der Waals surface area contributed by atoms with E-state index in [0.29, 0.717) is 30.7 Å². The topological polar surface area (TPSA) is 97.9 Å². The molecule has 142 valence electrons. The van der Waals surface area contributed by atoms with Gasteiger partial charge < -0.3 is 10.1 Å². The first kappa shape index (κ1) is 17.3. The monoisotopic (exact) mass is 393 g/mol. The van der Waals surface area contributed by atoms with Crippen molar-refractivity contribution in [3.63, 3.8) is 0 Å². The van der Waals surface area contributed by atoms with Crippen molar-refractivity contribution in [2.75, 3.05) is 13.1 Å². The van der Waals surface area contributed by atoms with Crippen LogP contribution in [0, 0.1) is 0 Å². The number of aliphatic hydroxyl groups is 1. The van der Waals surface area contributed by atoms with Gasteiger partial charge in [-0.1, -0.05) is 30.3 Å². The summed E-state index contributed by atoms with van der Waals surface area (Å²) < 4.78 is 0. The molecule has 3 N–H and O–H groups in total. The maximum atomic E-state index is 12.8. The van der Waals surface area contributed by atoms with Crippen molar-refractivity contribution in [1.82, 2.24) is 25.1 Å². The molecule has 8 heteroatoms. The van der Waals surface area contributed by atoms with Crippen LogP contribution in [0.2, 0.25) is 0 Å². The summed E-state index contributed by atoms with van der Waals surface area (Å²) in [6.07, 6.45) is 2.25. The van der Waals surface area contributed by atoms with Crippen molar-refractivity contribution >= 4 is 21.6 Å². The fourth-order valence-electron chi connectivity index (χ4n) is 3.85. The van der Waals surface area contributed by atoms with Crippen LogP contribution in [0.3, 0.4) is 0 Å². The molecule has 0 spiro atoms. The van der Waals surface area contributed by atoms with Gasteiger partial charge in [-0.2, -0.15) is 5.10 Å². The average molecular weight is 393 g/mol. The van der Waals surface area contributed by atoms with Crippen molar-refractivity contribution in [2.24, 2.45) is 0 Å². The van der Waals surface area contributed by atoms with Crippen molar-refractivity contribution in [3.05, 3.63) is 69.8 Å². The van der Waals surface area contributed by atoms with Crippen LogP contribution in [0.15, 0.2) is 52.8 Å². The van der Waals surface area contributed by atoms with Gasteiger partial charge >= 0.3 is 0 Å². The van der Waals surface area contributed by atoms with Crippen LogP contribution in [0.25, 0.3) is 21.3 Å². The Morgan fingerprint density at radius 3 is 2.89 bits per heavy atom. The fraction of sp³-hybridized carbons (Fsp3) is 0.250. The van der Waals surface area contributed by atoms with Gasteiger partial charge in [0.25, 0.3) is 5.56 Å². The van der Waals surface area contributed by atoms with Crippen LogP contribution < -0.4 is 5.56 Å². The van der Waals surface area contributed by atoms with Crippen molar-refractivity contribution in [3.8, 4) is 11.1 Å². The molecule has 0 saturated carbocycles. The van der Waals surface area contributed by atoms with Crippen LogP contribution in [0.5, 0.6) is 0 Å². The molecule has 7 nitrogen and oxygen atoms in total. The third-order valence-corrected chi connectivity index (χ3v) is 6.15. The number of likely N-dealkylation sites (tertiary alicyclic amines) is 1. The number of fused-ring (bicyclic) bond motifs is 1. The number of aromatic nitrogens is 4. The summed E-state index contributed by atoms with van der Waals surface area (Å²) in [5.41, 5.74) is 1.58. The van der Waals surface area contributed by atoms with Gasteiger partial charge in [0.2, 0.25) is 0 Å². The van der Waals surface area contributed by atoms with Gasteiger partial charge in [0.1, 0.15) is 16.3 Å². The number of thiophene rings is 1. The number of nitrogens with zero attached hydrogens (tertiary/aromatic N) is 3. The molecular weight excluding hydrogens is 374 g/mol. The number of β-amino-alcohol motifs (C(OH)–C–C–N with tert-alkyl or cyclic N) is 1. The number of nitrogens with one attached hydrogen (secondary N) is 2. The van der Waals surface area contributed by atoms with E-state index in [4.69, 9.17) is 0 Å². The number of H-pyrrole nitrogens is 2. The molecule has 4 aromatic rings. The van der Waals surface area contributed by atoms with Gasteiger partial charge in [0.15, 0.2) is 0 Å². The SMILES string of the molecule is O=c1[nH]c(CN2CCC(O)(c3ccn[nH]3)C2)nc2scc(-c3ccccc3)c12. The van der Waals surface area contributed by atoms with E-state index in [1.807, 2.05) is 35.7 Å². The lowest BCUT2D eigenvalue weighted by molar-refractivity contribution is 0.0406. The summed E-state index contributed by atoms with van der Waals surface area (Å²) in [5, 5.41) is 20.3. The highest BCUT2D eigenvalue weighted by Gasteiger charge is 2.39. The van der Waals surface area contributed by atoms with Gasteiger partial charge in [-0.3, -0.25) is 14.8 Å². The Morgan fingerprint density at radius 1 is 1.25 bits per heavy atom. The molecule has 3 aromatic heterocycles. The van der Waals surface area contributed by atoms with Gasteiger partial charge in [-0.25, -0.2) is 4.98 Å². The normalized spacial score (nSPS) is 20.2. The molecule has 1 fully saturated rings. The summed E-state index contributed by atoms with van der Waals surface area (Å²) in [7, 11) is 0. The van der Waals surface area contributed by atoms with E-state index in [9.17, 15) is 9.90 Å². The Hall–Kier alpha value is -2.81. The highest BCUT2D eigenvalue weighted by molar-refractivity contribution is 7.17. The molecule has 1 aliphatic heterocycles. The van der Waals surface area contributed by atoms with Gasteiger partial charge in [-0.15, -0.1) is 11.3 Å². The van der Waals surface area contributed by atoms with E-state index in [2.05, 4.69) is 25.1 Å². The smallest absolute Gasteiger partial charge is 0.260 e. The van der Waals surface area contributed by atoms with Gasteiger partial charge in [-0.05, 0) is 18.1 Å². The third-order valence-electron chi connectivity index (χ3n) is 5.28. The van der Waals surface area contributed by atoms with Crippen molar-refractivity contribution in [2.45, 2.75) is 18.6 Å². The van der Waals surface area contributed by atoms with E-state index in [0.717, 1.165) is 28.2 Å². The molecule has 1 aromatic carbocycles. The summed E-state index contributed by atoms with van der Waals surface area (Å²) in [4.78, 5) is 23.2. The quantitative estimate of drug-likeness (QED) is 0.495. The second kappa shape index (κ2) is 6.66. The molecule has 5 rings (SSSR count). The van der Waals surface area contributed by atoms with Crippen LogP contribution in [-0.2, 0) is 12.1 Å². The molecule has 0 radical (unpaired) electrons. The molecular formula is C20H19N5O2S. The minimum absolute atomic E-state index is 0.122. The lowest BCUT2D eigenvalue weighted by atomic mass is 9.99. The lowest BCUT2D eigenvalue weighted by Gasteiger charge is -2.21. The highest BCUT2D eigenvalue weighted by Crippen LogP contribution is 2.32. The predicted octanol–water partition coefficient (Wildman–Crippen LogP) is 2.47. The number of benzene rings is 1. The van der Waals surface area contributed by atoms with Crippen LogP contribution in [0.1, 0.15) is 17.9 Å². The number of rotatable bonds is 4. The molecule has 0 aliphatic carbocycles. The first-order chi connectivity index (χ1) is 13.6. The zero-order valence-electron chi connectivity index (χ0n) is 15.1. The maximum absolute atomic E-state index is 12.8. The van der Waals surface area contributed by atoms with E-state index in [1.165, 1.54) is 11.3 Å². The molecule has 0 amide bonds. The Morgan fingerprint density at radius 2 is 2.11 bits per heavy atom. The Balaban J connectivity index is 1.42. The number of hydrogen-bond acceptors (Lipinski definition) is 6. The Bertz CT molecular complexity index is 1170. The Labute approximate surface area is 164 Å². The number of hydrogen-bond donors (Lipinski definition) is 3. The number of aromatic amines is 2. The molecule has 1 aliphatic rings. The largest absolute Gasteiger partial charge is 0.382 e. The van der Waals surface area contributed by atoms with Crippen LogP contribution in [-0.4, -0.2) is 43.3 Å². The summed E-state index contributed by atoms with van der Waals surface area (Å²) in [6, 6.07) is 11.7. The van der Waals surface area contributed by atoms with E-state index < -0.39 is 5.60 Å². The summed E-state index contributed by atoms with van der Waals surface area (Å²) in [5.74, 6) is 0.618. The Kier molecular flexibility index (Phi) is 4.12. The van der Waals surface area contributed by atoms with E-state index >= 15 is 0 Å². The second-order valence-corrected chi connectivity index (χ2v) is 8.03.